The standard InChI is InChI=1S/C9H12ClN3/c1-8-9(10)7-13(12-8)6-4-2-3-5-11/h7H,2-4,6H2,1H3. The van der Waals surface area contributed by atoms with Gasteiger partial charge in [-0.2, -0.15) is 10.4 Å². The first-order valence-corrected chi connectivity index (χ1v) is 4.68. The van der Waals surface area contributed by atoms with Gasteiger partial charge in [-0.15, -0.1) is 0 Å². The van der Waals surface area contributed by atoms with Crippen LogP contribution < -0.4 is 0 Å². The van der Waals surface area contributed by atoms with Gasteiger partial charge in [-0.25, -0.2) is 0 Å². The summed E-state index contributed by atoms with van der Waals surface area (Å²) >= 11 is 5.83. The maximum absolute atomic E-state index is 8.32. The number of nitriles is 1. The number of unbranched alkanes of at least 4 members (excludes halogenated alkanes) is 2. The van der Waals surface area contributed by atoms with Gasteiger partial charge in [0.2, 0.25) is 0 Å². The van der Waals surface area contributed by atoms with Gasteiger partial charge in [-0.3, -0.25) is 4.68 Å². The fourth-order valence-electron chi connectivity index (χ4n) is 1.09. The molecule has 0 atom stereocenters. The van der Waals surface area contributed by atoms with Gasteiger partial charge in [0.15, 0.2) is 0 Å². The van der Waals surface area contributed by atoms with Crippen molar-refractivity contribution in [1.82, 2.24) is 9.78 Å². The Morgan fingerprint density at radius 3 is 2.92 bits per heavy atom. The van der Waals surface area contributed by atoms with Crippen LogP contribution in [0.1, 0.15) is 25.0 Å². The zero-order chi connectivity index (χ0) is 9.68. The molecule has 0 N–H and O–H groups in total. The van der Waals surface area contributed by atoms with Crippen LogP contribution in [0.5, 0.6) is 0 Å². The molecule has 0 saturated carbocycles. The van der Waals surface area contributed by atoms with Crippen LogP contribution in [0.15, 0.2) is 6.20 Å². The Morgan fingerprint density at radius 1 is 1.62 bits per heavy atom. The monoisotopic (exact) mass is 197 g/mol. The molecule has 1 aromatic heterocycles. The summed E-state index contributed by atoms with van der Waals surface area (Å²) in [4.78, 5) is 0. The smallest absolute Gasteiger partial charge is 0.0814 e. The summed E-state index contributed by atoms with van der Waals surface area (Å²) in [5.41, 5.74) is 0.863. The Bertz CT molecular complexity index is 292. The van der Waals surface area contributed by atoms with Gasteiger partial charge >= 0.3 is 0 Å². The summed E-state index contributed by atoms with van der Waals surface area (Å²) in [5.74, 6) is 0. The Hall–Kier alpha value is -1.01. The lowest BCUT2D eigenvalue weighted by molar-refractivity contribution is 0.559. The molecule has 0 saturated heterocycles. The molecule has 0 amide bonds. The molecule has 0 bridgehead atoms. The van der Waals surface area contributed by atoms with Gasteiger partial charge in [0, 0.05) is 19.2 Å². The summed E-state index contributed by atoms with van der Waals surface area (Å²) in [6, 6.07) is 2.11. The third-order valence-electron chi connectivity index (χ3n) is 1.81. The molecule has 0 radical (unpaired) electrons. The zero-order valence-electron chi connectivity index (χ0n) is 7.63. The summed E-state index contributed by atoms with van der Waals surface area (Å²) < 4.78 is 1.83. The van der Waals surface area contributed by atoms with E-state index in [0.29, 0.717) is 11.4 Å². The Balaban J connectivity index is 2.34. The average Bonchev–Trinajstić information content (AvgIpc) is 2.41. The van der Waals surface area contributed by atoms with Crippen molar-refractivity contribution >= 4 is 11.6 Å². The Morgan fingerprint density at radius 2 is 2.38 bits per heavy atom. The fraction of sp³-hybridized carbons (Fsp3) is 0.556. The number of nitrogens with zero attached hydrogens (tertiary/aromatic N) is 3. The van der Waals surface area contributed by atoms with Gasteiger partial charge in [-0.1, -0.05) is 11.6 Å². The van der Waals surface area contributed by atoms with E-state index in [1.54, 1.807) is 0 Å². The third-order valence-corrected chi connectivity index (χ3v) is 2.18. The Labute approximate surface area is 82.9 Å². The maximum Gasteiger partial charge on any atom is 0.0814 e. The van der Waals surface area contributed by atoms with Gasteiger partial charge in [0.1, 0.15) is 0 Å². The second kappa shape index (κ2) is 4.88. The fourth-order valence-corrected chi connectivity index (χ4v) is 1.24. The van der Waals surface area contributed by atoms with E-state index in [-0.39, 0.29) is 0 Å². The Kier molecular flexibility index (Phi) is 3.78. The van der Waals surface area contributed by atoms with Crippen molar-refractivity contribution in [1.29, 1.82) is 5.26 Å². The highest BCUT2D eigenvalue weighted by Crippen LogP contribution is 2.12. The quantitative estimate of drug-likeness (QED) is 0.697. The van der Waals surface area contributed by atoms with Crippen LogP contribution >= 0.6 is 11.6 Å². The van der Waals surface area contributed by atoms with Crippen LogP contribution in [0.3, 0.4) is 0 Å². The molecule has 1 aromatic rings. The van der Waals surface area contributed by atoms with E-state index in [0.717, 1.165) is 25.1 Å². The second-order valence-corrected chi connectivity index (χ2v) is 3.35. The predicted octanol–water partition coefficient (Wildman–Crippen LogP) is 2.54. The van der Waals surface area contributed by atoms with Crippen LogP contribution in [0.4, 0.5) is 0 Å². The first kappa shape index (κ1) is 10.1. The van der Waals surface area contributed by atoms with Gasteiger partial charge in [0.05, 0.1) is 16.8 Å². The van der Waals surface area contributed by atoms with Crippen LogP contribution in [0.25, 0.3) is 0 Å². The number of halogens is 1. The van der Waals surface area contributed by atoms with E-state index in [1.807, 2.05) is 17.8 Å². The molecule has 0 unspecified atom stereocenters. The van der Waals surface area contributed by atoms with Gasteiger partial charge in [0.25, 0.3) is 0 Å². The average molecular weight is 198 g/mol. The molecule has 13 heavy (non-hydrogen) atoms. The first-order chi connectivity index (χ1) is 6.24. The minimum absolute atomic E-state index is 0.619. The van der Waals surface area contributed by atoms with Crippen LogP contribution in [0, 0.1) is 18.3 Å². The van der Waals surface area contributed by atoms with E-state index in [1.165, 1.54) is 0 Å². The number of rotatable bonds is 4. The normalized spacial score (nSPS) is 9.92. The van der Waals surface area contributed by atoms with Gasteiger partial charge < -0.3 is 0 Å². The van der Waals surface area contributed by atoms with Crippen molar-refractivity contribution in [3.8, 4) is 6.07 Å². The van der Waals surface area contributed by atoms with E-state index in [4.69, 9.17) is 16.9 Å². The van der Waals surface area contributed by atoms with Crippen LogP contribution in [-0.2, 0) is 6.54 Å². The second-order valence-electron chi connectivity index (χ2n) is 2.94. The topological polar surface area (TPSA) is 41.6 Å². The van der Waals surface area contributed by atoms with E-state index in [2.05, 4.69) is 11.2 Å². The van der Waals surface area contributed by atoms with Crippen LogP contribution in [-0.4, -0.2) is 9.78 Å². The minimum Gasteiger partial charge on any atom is -0.271 e. The molecule has 70 valence electrons. The molecule has 3 nitrogen and oxygen atoms in total. The number of hydrogen-bond donors (Lipinski definition) is 0. The summed E-state index contributed by atoms with van der Waals surface area (Å²) in [6.07, 6.45) is 4.34. The number of aromatic nitrogens is 2. The van der Waals surface area contributed by atoms with Crippen LogP contribution in [0.2, 0.25) is 5.02 Å². The lowest BCUT2D eigenvalue weighted by Crippen LogP contribution is -1.98. The molecule has 0 aliphatic rings. The number of aryl methyl sites for hydroxylation is 2. The highest BCUT2D eigenvalue weighted by atomic mass is 35.5. The van der Waals surface area contributed by atoms with Crippen molar-refractivity contribution in [3.63, 3.8) is 0 Å². The summed E-state index contributed by atoms with van der Waals surface area (Å²) in [7, 11) is 0. The molecule has 4 heteroatoms. The molecule has 0 aliphatic heterocycles. The largest absolute Gasteiger partial charge is 0.271 e. The highest BCUT2D eigenvalue weighted by molar-refractivity contribution is 6.31. The molecule has 0 fully saturated rings. The zero-order valence-corrected chi connectivity index (χ0v) is 8.38. The van der Waals surface area contributed by atoms with Crippen molar-refractivity contribution < 1.29 is 0 Å². The lowest BCUT2D eigenvalue weighted by Gasteiger charge is -1.97. The van der Waals surface area contributed by atoms with E-state index < -0.39 is 0 Å². The first-order valence-electron chi connectivity index (χ1n) is 4.30. The SMILES string of the molecule is Cc1nn(CCCCC#N)cc1Cl. The summed E-state index contributed by atoms with van der Waals surface area (Å²) in [6.45, 7) is 2.73. The lowest BCUT2D eigenvalue weighted by atomic mass is 10.2. The molecule has 1 heterocycles. The third kappa shape index (κ3) is 3.08. The highest BCUT2D eigenvalue weighted by Gasteiger charge is 2.00. The molecule has 0 aliphatic carbocycles. The maximum atomic E-state index is 8.32. The van der Waals surface area contributed by atoms with Crippen molar-refractivity contribution in [2.45, 2.75) is 32.7 Å². The molecular formula is C9H12ClN3. The molecular weight excluding hydrogens is 186 g/mol. The van der Waals surface area contributed by atoms with Gasteiger partial charge in [-0.05, 0) is 19.8 Å². The van der Waals surface area contributed by atoms with Crippen molar-refractivity contribution in [2.24, 2.45) is 0 Å². The summed E-state index contributed by atoms with van der Waals surface area (Å²) in [5, 5.41) is 13.2. The predicted molar refractivity (Wildman–Crippen MR) is 51.4 cm³/mol. The van der Waals surface area contributed by atoms with E-state index >= 15 is 0 Å². The minimum atomic E-state index is 0.619. The molecule has 0 aromatic carbocycles. The molecule has 1 rings (SSSR count). The molecule has 0 spiro atoms. The van der Waals surface area contributed by atoms with E-state index in [9.17, 15) is 0 Å². The number of hydrogen-bond acceptors (Lipinski definition) is 2. The van der Waals surface area contributed by atoms with Crippen molar-refractivity contribution in [2.75, 3.05) is 0 Å². The van der Waals surface area contributed by atoms with Crippen molar-refractivity contribution in [3.05, 3.63) is 16.9 Å².